The quantitative estimate of drug-likeness (QED) is 0.690. The highest BCUT2D eigenvalue weighted by atomic mass is 16.5. The minimum atomic E-state index is 0.601. The van der Waals surface area contributed by atoms with Crippen molar-refractivity contribution >= 4 is 0 Å². The van der Waals surface area contributed by atoms with Crippen LogP contribution in [0.1, 0.15) is 17.0 Å². The predicted molar refractivity (Wildman–Crippen MR) is 53.9 cm³/mol. The molecule has 1 aromatic carbocycles. The Morgan fingerprint density at radius 1 is 1.14 bits per heavy atom. The molecular formula is C11H12N2O. The molecule has 14 heavy (non-hydrogen) atoms. The van der Waals surface area contributed by atoms with Gasteiger partial charge < -0.3 is 4.52 Å². The van der Waals surface area contributed by atoms with E-state index in [1.807, 2.05) is 20.8 Å². The molecule has 0 aliphatic heterocycles. The third-order valence-corrected chi connectivity index (χ3v) is 2.15. The first-order valence-electron chi connectivity index (χ1n) is 4.55. The van der Waals surface area contributed by atoms with Gasteiger partial charge in [0.1, 0.15) is 0 Å². The summed E-state index contributed by atoms with van der Waals surface area (Å²) in [5.74, 6) is 1.27. The summed E-state index contributed by atoms with van der Waals surface area (Å²) in [4.78, 5) is 4.21. The SMILES string of the molecule is Cc1ccc(C)c(-c2nc(C)no2)c1. The average molecular weight is 188 g/mol. The molecule has 0 saturated heterocycles. The highest BCUT2D eigenvalue weighted by Gasteiger charge is 2.08. The fourth-order valence-corrected chi connectivity index (χ4v) is 1.37. The molecule has 0 atom stereocenters. The Morgan fingerprint density at radius 3 is 2.57 bits per heavy atom. The number of nitrogens with zero attached hydrogens (tertiary/aromatic N) is 2. The molecule has 0 fully saturated rings. The van der Waals surface area contributed by atoms with Gasteiger partial charge in [-0.05, 0) is 32.4 Å². The predicted octanol–water partition coefficient (Wildman–Crippen LogP) is 2.66. The smallest absolute Gasteiger partial charge is 0.258 e. The van der Waals surface area contributed by atoms with Crippen molar-refractivity contribution in [3.05, 3.63) is 35.2 Å². The van der Waals surface area contributed by atoms with Gasteiger partial charge in [-0.2, -0.15) is 4.98 Å². The summed E-state index contributed by atoms with van der Waals surface area (Å²) in [6.45, 7) is 5.90. The van der Waals surface area contributed by atoms with Gasteiger partial charge in [0.15, 0.2) is 5.82 Å². The van der Waals surface area contributed by atoms with Gasteiger partial charge in [0, 0.05) is 5.56 Å². The number of benzene rings is 1. The average Bonchev–Trinajstić information content (AvgIpc) is 2.56. The van der Waals surface area contributed by atoms with E-state index in [9.17, 15) is 0 Å². The van der Waals surface area contributed by atoms with Gasteiger partial charge in [-0.25, -0.2) is 0 Å². The molecule has 3 nitrogen and oxygen atoms in total. The van der Waals surface area contributed by atoms with Crippen LogP contribution in [0.25, 0.3) is 11.5 Å². The number of aryl methyl sites for hydroxylation is 3. The zero-order chi connectivity index (χ0) is 10.1. The molecule has 0 saturated carbocycles. The second kappa shape index (κ2) is 3.25. The Balaban J connectivity index is 2.55. The molecule has 2 rings (SSSR count). The molecule has 72 valence electrons. The molecule has 1 heterocycles. The maximum absolute atomic E-state index is 5.13. The van der Waals surface area contributed by atoms with E-state index >= 15 is 0 Å². The number of hydrogen-bond donors (Lipinski definition) is 0. The van der Waals surface area contributed by atoms with Crippen molar-refractivity contribution in [3.63, 3.8) is 0 Å². The van der Waals surface area contributed by atoms with E-state index in [0.29, 0.717) is 11.7 Å². The monoisotopic (exact) mass is 188 g/mol. The molecule has 0 radical (unpaired) electrons. The second-order valence-corrected chi connectivity index (χ2v) is 3.47. The lowest BCUT2D eigenvalue weighted by Crippen LogP contribution is -1.84. The molecule has 0 N–H and O–H groups in total. The molecular weight excluding hydrogens is 176 g/mol. The normalized spacial score (nSPS) is 10.5. The summed E-state index contributed by atoms with van der Waals surface area (Å²) in [6.07, 6.45) is 0. The van der Waals surface area contributed by atoms with Gasteiger partial charge in [0.2, 0.25) is 0 Å². The van der Waals surface area contributed by atoms with E-state index in [2.05, 4.69) is 28.3 Å². The van der Waals surface area contributed by atoms with Crippen LogP contribution in [-0.4, -0.2) is 10.1 Å². The van der Waals surface area contributed by atoms with Crippen LogP contribution in [0.15, 0.2) is 22.7 Å². The minimum absolute atomic E-state index is 0.601. The molecule has 2 aromatic rings. The Hall–Kier alpha value is -1.64. The molecule has 0 aliphatic carbocycles. The third kappa shape index (κ3) is 1.53. The zero-order valence-corrected chi connectivity index (χ0v) is 8.53. The lowest BCUT2D eigenvalue weighted by atomic mass is 10.1. The fourth-order valence-electron chi connectivity index (χ4n) is 1.37. The summed E-state index contributed by atoms with van der Waals surface area (Å²) < 4.78 is 5.13. The van der Waals surface area contributed by atoms with Gasteiger partial charge in [0.05, 0.1) is 0 Å². The van der Waals surface area contributed by atoms with Gasteiger partial charge >= 0.3 is 0 Å². The highest BCUT2D eigenvalue weighted by Crippen LogP contribution is 2.22. The van der Waals surface area contributed by atoms with Gasteiger partial charge in [-0.1, -0.05) is 22.9 Å². The standard InChI is InChI=1S/C11H12N2O/c1-7-4-5-8(2)10(6-7)11-12-9(3)13-14-11/h4-6H,1-3H3. The highest BCUT2D eigenvalue weighted by molar-refractivity contribution is 5.59. The summed E-state index contributed by atoms with van der Waals surface area (Å²) in [6, 6.07) is 6.19. The zero-order valence-electron chi connectivity index (χ0n) is 8.53. The maximum Gasteiger partial charge on any atom is 0.258 e. The Morgan fingerprint density at radius 2 is 1.93 bits per heavy atom. The fraction of sp³-hybridized carbons (Fsp3) is 0.273. The van der Waals surface area contributed by atoms with Crippen LogP contribution in [0.4, 0.5) is 0 Å². The molecule has 0 bridgehead atoms. The van der Waals surface area contributed by atoms with E-state index in [-0.39, 0.29) is 0 Å². The topological polar surface area (TPSA) is 38.9 Å². The lowest BCUT2D eigenvalue weighted by Gasteiger charge is -2.01. The minimum Gasteiger partial charge on any atom is -0.334 e. The van der Waals surface area contributed by atoms with Crippen LogP contribution < -0.4 is 0 Å². The van der Waals surface area contributed by atoms with Crippen molar-refractivity contribution in [2.75, 3.05) is 0 Å². The molecule has 0 aliphatic rings. The van der Waals surface area contributed by atoms with E-state index in [1.54, 1.807) is 0 Å². The van der Waals surface area contributed by atoms with Crippen molar-refractivity contribution in [2.24, 2.45) is 0 Å². The lowest BCUT2D eigenvalue weighted by molar-refractivity contribution is 0.425. The molecule has 1 aromatic heterocycles. The van der Waals surface area contributed by atoms with Crippen LogP contribution in [0.3, 0.4) is 0 Å². The third-order valence-electron chi connectivity index (χ3n) is 2.15. The molecule has 3 heteroatoms. The van der Waals surface area contributed by atoms with Gasteiger partial charge in [0.25, 0.3) is 5.89 Å². The van der Waals surface area contributed by atoms with Crippen molar-refractivity contribution in [1.29, 1.82) is 0 Å². The Labute approximate surface area is 82.8 Å². The van der Waals surface area contributed by atoms with Crippen LogP contribution in [0.5, 0.6) is 0 Å². The summed E-state index contributed by atoms with van der Waals surface area (Å²) >= 11 is 0. The number of rotatable bonds is 1. The van der Waals surface area contributed by atoms with Crippen LogP contribution in [0.2, 0.25) is 0 Å². The number of aromatic nitrogens is 2. The largest absolute Gasteiger partial charge is 0.334 e. The van der Waals surface area contributed by atoms with Crippen LogP contribution in [-0.2, 0) is 0 Å². The Bertz CT molecular complexity index is 460. The molecule has 0 amide bonds. The van der Waals surface area contributed by atoms with Gasteiger partial charge in [-0.3, -0.25) is 0 Å². The second-order valence-electron chi connectivity index (χ2n) is 3.47. The summed E-state index contributed by atoms with van der Waals surface area (Å²) in [7, 11) is 0. The van der Waals surface area contributed by atoms with Crippen molar-refractivity contribution in [1.82, 2.24) is 10.1 Å². The number of hydrogen-bond acceptors (Lipinski definition) is 3. The van der Waals surface area contributed by atoms with Crippen molar-refractivity contribution in [2.45, 2.75) is 20.8 Å². The van der Waals surface area contributed by atoms with Crippen LogP contribution in [0, 0.1) is 20.8 Å². The first-order chi connectivity index (χ1) is 6.66. The van der Waals surface area contributed by atoms with Crippen molar-refractivity contribution in [3.8, 4) is 11.5 Å². The van der Waals surface area contributed by atoms with E-state index in [0.717, 1.165) is 11.1 Å². The Kier molecular flexibility index (Phi) is 2.08. The van der Waals surface area contributed by atoms with Crippen LogP contribution >= 0.6 is 0 Å². The first-order valence-corrected chi connectivity index (χ1v) is 4.55. The van der Waals surface area contributed by atoms with E-state index in [1.165, 1.54) is 5.56 Å². The van der Waals surface area contributed by atoms with Crippen molar-refractivity contribution < 1.29 is 4.52 Å². The summed E-state index contributed by atoms with van der Waals surface area (Å²) in [5.41, 5.74) is 3.37. The van der Waals surface area contributed by atoms with Gasteiger partial charge in [-0.15, -0.1) is 0 Å². The first kappa shape index (κ1) is 8.94. The van der Waals surface area contributed by atoms with E-state index in [4.69, 9.17) is 4.52 Å². The maximum atomic E-state index is 5.13. The van der Waals surface area contributed by atoms with E-state index < -0.39 is 0 Å². The molecule has 0 spiro atoms. The summed E-state index contributed by atoms with van der Waals surface area (Å²) in [5, 5.41) is 3.78. The molecule has 0 unspecified atom stereocenters.